The molecule has 0 atom stereocenters. The number of aryl methyl sites for hydroxylation is 2. The second kappa shape index (κ2) is 14.9. The van der Waals surface area contributed by atoms with E-state index in [4.69, 9.17) is 4.74 Å². The molecule has 0 aromatic heterocycles. The van der Waals surface area contributed by atoms with Gasteiger partial charge in [-0.1, -0.05) is 95.8 Å². The van der Waals surface area contributed by atoms with Gasteiger partial charge in [-0.15, -0.1) is 6.58 Å². The lowest BCUT2D eigenvalue weighted by molar-refractivity contribution is 0.239. The van der Waals surface area contributed by atoms with Crippen molar-refractivity contribution in [2.24, 2.45) is 23.7 Å². The molecule has 0 radical (unpaired) electrons. The van der Waals surface area contributed by atoms with Crippen molar-refractivity contribution in [1.82, 2.24) is 0 Å². The van der Waals surface area contributed by atoms with Gasteiger partial charge in [0.15, 0.2) is 0 Å². The Morgan fingerprint density at radius 1 is 0.788 bits per heavy atom. The minimum atomic E-state index is 0.817. The molecule has 186 valence electrons. The number of unbranched alkanes of at least 4 members (excludes halogenated alkanes) is 2. The monoisotopic (exact) mass is 452 g/mol. The number of allylic oxidation sites excluding steroid dienone is 1. The van der Waals surface area contributed by atoms with Crippen molar-refractivity contribution in [2.45, 2.75) is 122 Å². The zero-order chi connectivity index (χ0) is 23.3. The zero-order valence-corrected chi connectivity index (χ0v) is 22.0. The number of hydrogen-bond acceptors (Lipinski definition) is 1. The summed E-state index contributed by atoms with van der Waals surface area (Å²) in [6.07, 6.45) is 27.6. The number of methoxy groups -OCH3 is 1. The molecule has 1 nitrogen and oxygen atoms in total. The second-order valence-electron chi connectivity index (χ2n) is 11.3. The summed E-state index contributed by atoms with van der Waals surface area (Å²) >= 11 is 0. The molecule has 2 aliphatic carbocycles. The van der Waals surface area contributed by atoms with Crippen molar-refractivity contribution in [3.63, 3.8) is 0 Å². The molecule has 0 unspecified atom stereocenters. The van der Waals surface area contributed by atoms with E-state index < -0.39 is 0 Å². The molecule has 0 spiro atoms. The van der Waals surface area contributed by atoms with Crippen LogP contribution < -0.4 is 4.74 Å². The number of benzene rings is 1. The zero-order valence-electron chi connectivity index (χ0n) is 22.0. The summed E-state index contributed by atoms with van der Waals surface area (Å²) in [6, 6.07) is 6.84. The standard InChI is InChI=1S/C32H52O/c1-4-10-31-25-30(23-24-32(31)33-3)14-9-8-13-29-21-19-28(20-22-29)12-7-6-11-27-17-15-26(5-2)16-18-27/h5,23-29H,2,4,6-22H2,1,3H3. The van der Waals surface area contributed by atoms with Gasteiger partial charge in [-0.05, 0) is 85.8 Å². The molecule has 1 heteroatoms. The fraction of sp³-hybridized carbons (Fsp3) is 0.750. The number of hydrogen-bond donors (Lipinski definition) is 0. The third-order valence-electron chi connectivity index (χ3n) is 8.86. The molecule has 1 aromatic rings. The Balaban J connectivity index is 1.22. The van der Waals surface area contributed by atoms with Crippen LogP contribution in [0, 0.1) is 23.7 Å². The van der Waals surface area contributed by atoms with E-state index in [0.717, 1.165) is 35.8 Å². The minimum Gasteiger partial charge on any atom is -0.496 e. The van der Waals surface area contributed by atoms with Crippen LogP contribution in [0.3, 0.4) is 0 Å². The van der Waals surface area contributed by atoms with Crippen LogP contribution in [0.5, 0.6) is 5.75 Å². The maximum atomic E-state index is 5.53. The van der Waals surface area contributed by atoms with Crippen molar-refractivity contribution < 1.29 is 4.74 Å². The molecule has 33 heavy (non-hydrogen) atoms. The minimum absolute atomic E-state index is 0.817. The number of ether oxygens (including phenoxy) is 1. The molecular formula is C32H52O. The van der Waals surface area contributed by atoms with Crippen LogP contribution >= 0.6 is 0 Å². The Morgan fingerprint density at radius 3 is 1.85 bits per heavy atom. The summed E-state index contributed by atoms with van der Waals surface area (Å²) in [5, 5.41) is 0. The van der Waals surface area contributed by atoms with Crippen molar-refractivity contribution in [3.05, 3.63) is 42.0 Å². The SMILES string of the molecule is C=CC1CCC(CCCCC2CCC(CCCCc3ccc(OC)c(CCC)c3)CC2)CC1. The summed E-state index contributed by atoms with van der Waals surface area (Å²) < 4.78 is 5.53. The van der Waals surface area contributed by atoms with Crippen LogP contribution in [0.2, 0.25) is 0 Å². The maximum Gasteiger partial charge on any atom is 0.122 e. The molecule has 0 bridgehead atoms. The molecule has 0 saturated heterocycles. The van der Waals surface area contributed by atoms with Gasteiger partial charge in [0, 0.05) is 0 Å². The first-order valence-corrected chi connectivity index (χ1v) is 14.5. The van der Waals surface area contributed by atoms with Gasteiger partial charge in [-0.25, -0.2) is 0 Å². The largest absolute Gasteiger partial charge is 0.496 e. The molecule has 0 aliphatic heterocycles. The Bertz CT molecular complexity index is 661. The summed E-state index contributed by atoms with van der Waals surface area (Å²) in [6.45, 7) is 6.23. The molecule has 2 saturated carbocycles. The van der Waals surface area contributed by atoms with Gasteiger partial charge in [-0.3, -0.25) is 0 Å². The first-order valence-electron chi connectivity index (χ1n) is 14.5. The average Bonchev–Trinajstić information content (AvgIpc) is 2.86. The van der Waals surface area contributed by atoms with Gasteiger partial charge >= 0.3 is 0 Å². The third-order valence-corrected chi connectivity index (χ3v) is 8.86. The van der Waals surface area contributed by atoms with Crippen molar-refractivity contribution in [1.29, 1.82) is 0 Å². The lowest BCUT2D eigenvalue weighted by Gasteiger charge is -2.29. The summed E-state index contributed by atoms with van der Waals surface area (Å²) in [7, 11) is 1.79. The highest BCUT2D eigenvalue weighted by Gasteiger charge is 2.22. The molecule has 0 heterocycles. The van der Waals surface area contributed by atoms with E-state index in [-0.39, 0.29) is 0 Å². The van der Waals surface area contributed by atoms with Crippen LogP contribution in [0.25, 0.3) is 0 Å². The third kappa shape index (κ3) is 9.14. The van der Waals surface area contributed by atoms with E-state index in [2.05, 4.69) is 37.8 Å². The molecule has 3 rings (SSSR count). The van der Waals surface area contributed by atoms with E-state index in [1.807, 2.05) is 0 Å². The first kappa shape index (κ1) is 26.4. The van der Waals surface area contributed by atoms with E-state index in [1.165, 1.54) is 120 Å². The van der Waals surface area contributed by atoms with E-state index in [1.54, 1.807) is 7.11 Å². The predicted molar refractivity (Wildman–Crippen MR) is 144 cm³/mol. The van der Waals surface area contributed by atoms with Crippen LogP contribution in [-0.2, 0) is 12.8 Å². The maximum absolute atomic E-state index is 5.53. The molecular weight excluding hydrogens is 400 g/mol. The Labute approximate surface area is 205 Å². The van der Waals surface area contributed by atoms with Crippen molar-refractivity contribution >= 4 is 0 Å². The highest BCUT2D eigenvalue weighted by atomic mass is 16.5. The smallest absolute Gasteiger partial charge is 0.122 e. The Kier molecular flexibility index (Phi) is 11.9. The van der Waals surface area contributed by atoms with Crippen molar-refractivity contribution in [3.8, 4) is 5.75 Å². The fourth-order valence-corrected chi connectivity index (χ4v) is 6.60. The lowest BCUT2D eigenvalue weighted by Crippen LogP contribution is -2.15. The Morgan fingerprint density at radius 2 is 1.33 bits per heavy atom. The Hall–Kier alpha value is -1.24. The van der Waals surface area contributed by atoms with Crippen LogP contribution in [-0.4, -0.2) is 7.11 Å². The average molecular weight is 453 g/mol. The lowest BCUT2D eigenvalue weighted by atomic mass is 9.77. The van der Waals surface area contributed by atoms with E-state index >= 15 is 0 Å². The van der Waals surface area contributed by atoms with Gasteiger partial charge in [0.2, 0.25) is 0 Å². The van der Waals surface area contributed by atoms with Crippen molar-refractivity contribution in [2.75, 3.05) is 7.11 Å². The fourth-order valence-electron chi connectivity index (χ4n) is 6.60. The van der Waals surface area contributed by atoms with Crippen LogP contribution in [0.4, 0.5) is 0 Å². The molecule has 0 amide bonds. The van der Waals surface area contributed by atoms with E-state index in [0.29, 0.717) is 0 Å². The van der Waals surface area contributed by atoms with E-state index in [9.17, 15) is 0 Å². The highest BCUT2D eigenvalue weighted by Crippen LogP contribution is 2.36. The van der Waals surface area contributed by atoms with Gasteiger partial charge in [0.1, 0.15) is 5.75 Å². The van der Waals surface area contributed by atoms with Crippen LogP contribution in [0.1, 0.15) is 121 Å². The quantitative estimate of drug-likeness (QED) is 0.201. The summed E-state index contributed by atoms with van der Waals surface area (Å²) in [5.74, 6) is 4.94. The van der Waals surface area contributed by atoms with Gasteiger partial charge < -0.3 is 4.74 Å². The molecule has 1 aromatic carbocycles. The second-order valence-corrected chi connectivity index (χ2v) is 11.3. The highest BCUT2D eigenvalue weighted by molar-refractivity contribution is 5.37. The molecule has 2 fully saturated rings. The molecule has 2 aliphatic rings. The normalized spacial score (nSPS) is 25.6. The van der Waals surface area contributed by atoms with Gasteiger partial charge in [0.25, 0.3) is 0 Å². The topological polar surface area (TPSA) is 9.23 Å². The summed E-state index contributed by atoms with van der Waals surface area (Å²) in [5.41, 5.74) is 2.88. The summed E-state index contributed by atoms with van der Waals surface area (Å²) in [4.78, 5) is 0. The first-order chi connectivity index (χ1) is 16.2. The van der Waals surface area contributed by atoms with Gasteiger partial charge in [0.05, 0.1) is 7.11 Å². The van der Waals surface area contributed by atoms with Gasteiger partial charge in [-0.2, -0.15) is 0 Å². The van der Waals surface area contributed by atoms with Crippen LogP contribution in [0.15, 0.2) is 30.9 Å². The number of rotatable bonds is 14. The predicted octanol–water partition coefficient (Wildman–Crippen LogP) is 9.72. The molecule has 0 N–H and O–H groups in total.